The van der Waals surface area contributed by atoms with E-state index < -0.39 is 0 Å². The summed E-state index contributed by atoms with van der Waals surface area (Å²) in [4.78, 5) is 4.20. The molecule has 0 spiro atoms. The van der Waals surface area contributed by atoms with E-state index >= 15 is 0 Å². The van der Waals surface area contributed by atoms with Crippen molar-refractivity contribution in [1.29, 1.82) is 0 Å². The fourth-order valence-electron chi connectivity index (χ4n) is 1.09. The average molecular weight is 409 g/mol. The predicted molar refractivity (Wildman–Crippen MR) is 65.5 cm³/mol. The van der Waals surface area contributed by atoms with Crippen LogP contribution >= 0.6 is 0 Å². The standard InChI is InChI=1S/C10H8NO.C4H8.Pt/c1-8-4-2-6-11-10(8)9-5-3-7-12-9;1-3-4-2;/h2-4,6-7H,1H3;1-4H2;/q-1;-2;. The third-order valence-corrected chi connectivity index (χ3v) is 1.94. The second kappa shape index (κ2) is 9.18. The van der Waals surface area contributed by atoms with E-state index in [-0.39, 0.29) is 21.1 Å². The molecule has 2 rings (SSSR count). The summed E-state index contributed by atoms with van der Waals surface area (Å²) >= 11 is 0. The monoisotopic (exact) mass is 409 g/mol. The van der Waals surface area contributed by atoms with Crippen molar-refractivity contribution in [3.63, 3.8) is 0 Å². The van der Waals surface area contributed by atoms with Crippen molar-refractivity contribution in [2.45, 2.75) is 19.8 Å². The first-order valence-corrected chi connectivity index (χ1v) is 5.25. The van der Waals surface area contributed by atoms with Crippen LogP contribution in [0.3, 0.4) is 0 Å². The zero-order valence-corrected chi connectivity index (χ0v) is 12.2. The summed E-state index contributed by atoms with van der Waals surface area (Å²) in [6, 6.07) is 8.61. The van der Waals surface area contributed by atoms with E-state index in [9.17, 15) is 0 Å². The van der Waals surface area contributed by atoms with Crippen molar-refractivity contribution < 1.29 is 25.5 Å². The molecule has 17 heavy (non-hydrogen) atoms. The molecule has 0 amide bonds. The summed E-state index contributed by atoms with van der Waals surface area (Å²) in [5.74, 6) is 0.702. The molecule has 0 atom stereocenters. The van der Waals surface area contributed by atoms with E-state index in [4.69, 9.17) is 4.42 Å². The maximum absolute atomic E-state index is 5.18. The molecule has 0 aliphatic rings. The molecule has 0 bridgehead atoms. The van der Waals surface area contributed by atoms with Crippen molar-refractivity contribution in [2.24, 2.45) is 0 Å². The SMILES string of the molecule is Cc1cccnc1-c1[c-]cco1.[CH2-]CC[CH2-].[Pt]. The predicted octanol–water partition coefficient (Wildman–Crippen LogP) is 3.88. The molecule has 0 unspecified atom stereocenters. The molecular weight excluding hydrogens is 393 g/mol. The molecule has 0 saturated carbocycles. The Morgan fingerprint density at radius 2 is 2.06 bits per heavy atom. The molecule has 96 valence electrons. The van der Waals surface area contributed by atoms with Crippen LogP contribution in [0.15, 0.2) is 35.1 Å². The Morgan fingerprint density at radius 3 is 2.53 bits per heavy atom. The van der Waals surface area contributed by atoms with E-state index in [0.717, 1.165) is 24.1 Å². The van der Waals surface area contributed by atoms with Gasteiger partial charge in [-0.25, -0.2) is 12.8 Å². The molecule has 2 aromatic rings. The molecule has 0 aliphatic heterocycles. The number of hydrogen-bond acceptors (Lipinski definition) is 2. The van der Waals surface area contributed by atoms with Crippen LogP contribution in [-0.4, -0.2) is 4.98 Å². The Morgan fingerprint density at radius 1 is 1.35 bits per heavy atom. The molecule has 3 heteroatoms. The van der Waals surface area contributed by atoms with Crippen molar-refractivity contribution in [1.82, 2.24) is 4.98 Å². The number of pyridine rings is 1. The summed E-state index contributed by atoms with van der Waals surface area (Å²) in [5.41, 5.74) is 1.96. The van der Waals surface area contributed by atoms with Gasteiger partial charge in [0, 0.05) is 38.7 Å². The first-order chi connectivity index (χ1) is 7.79. The summed E-state index contributed by atoms with van der Waals surface area (Å²) in [6.45, 7) is 9.08. The second-order valence-corrected chi connectivity index (χ2v) is 3.27. The zero-order chi connectivity index (χ0) is 11.8. The number of hydrogen-bond donors (Lipinski definition) is 0. The van der Waals surface area contributed by atoms with Gasteiger partial charge in [0.05, 0.1) is 0 Å². The van der Waals surface area contributed by atoms with E-state index in [1.54, 1.807) is 18.5 Å². The molecule has 0 radical (unpaired) electrons. The van der Waals surface area contributed by atoms with Gasteiger partial charge in [0.25, 0.3) is 0 Å². The Labute approximate surface area is 118 Å². The van der Waals surface area contributed by atoms with Gasteiger partial charge in [-0.05, 0) is 19.3 Å². The normalized spacial score (nSPS) is 8.88. The zero-order valence-electron chi connectivity index (χ0n) is 9.89. The molecule has 0 aliphatic carbocycles. The third-order valence-electron chi connectivity index (χ3n) is 1.94. The molecule has 0 N–H and O–H groups in total. The van der Waals surface area contributed by atoms with Gasteiger partial charge >= 0.3 is 0 Å². The van der Waals surface area contributed by atoms with Gasteiger partial charge in [0.2, 0.25) is 0 Å². The number of nitrogens with zero attached hydrogens (tertiary/aromatic N) is 1. The van der Waals surface area contributed by atoms with Crippen molar-refractivity contribution in [3.05, 3.63) is 56.1 Å². The van der Waals surface area contributed by atoms with Gasteiger partial charge in [-0.15, -0.1) is 12.1 Å². The van der Waals surface area contributed by atoms with Crippen LogP contribution in [0.25, 0.3) is 11.5 Å². The first-order valence-electron chi connectivity index (χ1n) is 5.25. The van der Waals surface area contributed by atoms with E-state index in [1.807, 2.05) is 19.1 Å². The van der Waals surface area contributed by atoms with Gasteiger partial charge in [0.15, 0.2) is 0 Å². The van der Waals surface area contributed by atoms with Crippen LogP contribution < -0.4 is 0 Å². The van der Waals surface area contributed by atoms with E-state index in [2.05, 4.69) is 24.9 Å². The maximum Gasteiger partial charge on any atom is 0.0233 e. The summed E-state index contributed by atoms with van der Waals surface area (Å²) in [5, 5.41) is 0. The fraction of sp³-hybridized carbons (Fsp3) is 0.214. The largest absolute Gasteiger partial charge is 0.545 e. The fourth-order valence-corrected chi connectivity index (χ4v) is 1.09. The maximum atomic E-state index is 5.18. The van der Waals surface area contributed by atoms with Crippen LogP contribution in [-0.2, 0) is 21.1 Å². The van der Waals surface area contributed by atoms with Gasteiger partial charge in [-0.1, -0.05) is 11.6 Å². The topological polar surface area (TPSA) is 26.0 Å². The molecule has 0 fully saturated rings. The molecule has 2 nitrogen and oxygen atoms in total. The Balaban J connectivity index is 0.000000453. The van der Waals surface area contributed by atoms with E-state index in [1.165, 1.54) is 0 Å². The minimum absolute atomic E-state index is 0. The van der Waals surface area contributed by atoms with Gasteiger partial charge in [-0.3, -0.25) is 0 Å². The van der Waals surface area contributed by atoms with Gasteiger partial charge < -0.3 is 23.2 Å². The summed E-state index contributed by atoms with van der Waals surface area (Å²) in [6.07, 6.45) is 5.27. The number of unbranched alkanes of at least 4 members (excludes halogenated alkanes) is 1. The van der Waals surface area contributed by atoms with E-state index in [0.29, 0.717) is 5.76 Å². The number of rotatable bonds is 2. The smallest absolute Gasteiger partial charge is 0.0233 e. The van der Waals surface area contributed by atoms with Crippen LogP contribution in [0, 0.1) is 26.8 Å². The Bertz CT molecular complexity index is 396. The van der Waals surface area contributed by atoms with Gasteiger partial charge in [0.1, 0.15) is 0 Å². The molecule has 2 aromatic heterocycles. The van der Waals surface area contributed by atoms with Crippen molar-refractivity contribution in [2.75, 3.05) is 0 Å². The van der Waals surface area contributed by atoms with Gasteiger partial charge in [-0.2, -0.15) is 0 Å². The van der Waals surface area contributed by atoms with Crippen LogP contribution in [0.5, 0.6) is 0 Å². The summed E-state index contributed by atoms with van der Waals surface area (Å²) in [7, 11) is 0. The van der Waals surface area contributed by atoms with Crippen molar-refractivity contribution >= 4 is 0 Å². The average Bonchev–Trinajstić information content (AvgIpc) is 2.83. The minimum atomic E-state index is 0. The van der Waals surface area contributed by atoms with Crippen molar-refractivity contribution in [3.8, 4) is 11.5 Å². The van der Waals surface area contributed by atoms with Crippen LogP contribution in [0.1, 0.15) is 18.4 Å². The third kappa shape index (κ3) is 5.32. The number of aromatic nitrogens is 1. The molecular formula is C14H16NOPt-3. The molecule has 0 saturated heterocycles. The van der Waals surface area contributed by atoms with Crippen LogP contribution in [0.4, 0.5) is 0 Å². The minimum Gasteiger partial charge on any atom is -0.545 e. The quantitative estimate of drug-likeness (QED) is 0.704. The summed E-state index contributed by atoms with van der Waals surface area (Å²) < 4.78 is 5.18. The molecule has 2 heterocycles. The second-order valence-electron chi connectivity index (χ2n) is 3.27. The number of aryl methyl sites for hydroxylation is 1. The Hall–Kier alpha value is -0.882. The number of furan rings is 1. The Kier molecular flexibility index (Phi) is 8.70. The first kappa shape index (κ1) is 16.1. The molecule has 0 aromatic carbocycles. The van der Waals surface area contributed by atoms with Crippen LogP contribution in [0.2, 0.25) is 0 Å².